The van der Waals surface area contributed by atoms with Gasteiger partial charge >= 0.3 is 0 Å². The van der Waals surface area contributed by atoms with Crippen LogP contribution in [0.3, 0.4) is 0 Å². The van der Waals surface area contributed by atoms with Gasteiger partial charge in [0.2, 0.25) is 0 Å². The molecule has 0 saturated carbocycles. The molecule has 17 heavy (non-hydrogen) atoms. The molecule has 0 atom stereocenters. The molecule has 94 valence electrons. The van der Waals surface area contributed by atoms with Crippen LogP contribution in [0.1, 0.15) is 19.4 Å². The Morgan fingerprint density at radius 3 is 2.06 bits per heavy atom. The highest BCUT2D eigenvalue weighted by atomic mass is 35.5. The second-order valence-corrected chi connectivity index (χ2v) is 6.54. The van der Waals surface area contributed by atoms with Gasteiger partial charge in [-0.3, -0.25) is 0 Å². The van der Waals surface area contributed by atoms with E-state index in [-0.39, 0.29) is 31.1 Å². The van der Waals surface area contributed by atoms with Crippen molar-refractivity contribution in [1.82, 2.24) is 0 Å². The Kier molecular flexibility index (Phi) is 6.05. The minimum Gasteiger partial charge on any atom is -0.823 e. The summed E-state index contributed by atoms with van der Waals surface area (Å²) in [4.78, 5) is 0. The third kappa shape index (κ3) is 3.99. The molecule has 0 aliphatic carbocycles. The molecule has 0 unspecified atom stereocenters. The third-order valence-electron chi connectivity index (χ3n) is 1.93. The molecule has 0 radical (unpaired) electrons. The molecule has 0 aliphatic heterocycles. The van der Waals surface area contributed by atoms with Crippen molar-refractivity contribution in [3.8, 4) is 0 Å². The summed E-state index contributed by atoms with van der Waals surface area (Å²) in [5.74, 6) is 0.424. The van der Waals surface area contributed by atoms with Crippen LogP contribution in [0.25, 0.3) is 0 Å². The van der Waals surface area contributed by atoms with Gasteiger partial charge in [-0.2, -0.15) is 0 Å². The van der Waals surface area contributed by atoms with Crippen LogP contribution in [0.2, 0.25) is 20.1 Å². The van der Waals surface area contributed by atoms with Crippen LogP contribution >= 0.6 is 54.6 Å². The van der Waals surface area contributed by atoms with Gasteiger partial charge in [-0.25, -0.2) is 0 Å². The highest BCUT2D eigenvalue weighted by Crippen LogP contribution is 2.37. The number of halogens is 4. The summed E-state index contributed by atoms with van der Waals surface area (Å²) in [5.41, 5.74) is 0.0613. The normalized spacial score (nSPS) is 12.4. The van der Waals surface area contributed by atoms with Crippen molar-refractivity contribution in [3.05, 3.63) is 31.7 Å². The fourth-order valence-corrected chi connectivity index (χ4v) is 3.13. The Balaban J connectivity index is 3.26. The molecular formula is C11H10Cl4OP-. The van der Waals surface area contributed by atoms with E-state index < -0.39 is 0 Å². The van der Waals surface area contributed by atoms with Crippen LogP contribution in [0.15, 0.2) is 6.07 Å². The average molecular weight is 331 g/mol. The van der Waals surface area contributed by atoms with Crippen molar-refractivity contribution in [2.24, 2.45) is 5.92 Å². The molecule has 0 N–H and O–H groups in total. The largest absolute Gasteiger partial charge is 0.823 e. The zero-order valence-electron chi connectivity index (χ0n) is 9.23. The van der Waals surface area contributed by atoms with Gasteiger partial charge in [-0.15, -0.1) is 13.7 Å². The Morgan fingerprint density at radius 2 is 1.65 bits per heavy atom. The van der Waals surface area contributed by atoms with Crippen molar-refractivity contribution in [2.75, 3.05) is 6.16 Å². The van der Waals surface area contributed by atoms with E-state index in [1.54, 1.807) is 0 Å². The SMILES string of the molecule is CC(C)CP=C([O-])c1c(Cl)c(Cl)cc(Cl)c1Cl. The summed E-state index contributed by atoms with van der Waals surface area (Å²) >= 11 is 23.7. The molecule has 1 aromatic rings. The summed E-state index contributed by atoms with van der Waals surface area (Å²) in [7, 11) is 0.641. The Hall–Kier alpha value is 0.510. The van der Waals surface area contributed by atoms with Crippen LogP contribution in [0, 0.1) is 5.92 Å². The molecule has 1 aromatic carbocycles. The van der Waals surface area contributed by atoms with Gasteiger partial charge in [0.1, 0.15) is 0 Å². The van der Waals surface area contributed by atoms with Crippen LogP contribution in [0.4, 0.5) is 0 Å². The van der Waals surface area contributed by atoms with E-state index in [2.05, 4.69) is 0 Å². The maximum Gasteiger partial charge on any atom is 0.0673 e. The second kappa shape index (κ2) is 6.61. The molecule has 1 rings (SSSR count). The van der Waals surface area contributed by atoms with Gasteiger partial charge in [0.25, 0.3) is 0 Å². The third-order valence-corrected chi connectivity index (χ3v) is 4.92. The lowest BCUT2D eigenvalue weighted by Gasteiger charge is -2.18. The van der Waals surface area contributed by atoms with E-state index in [0.717, 1.165) is 6.16 Å². The quantitative estimate of drug-likeness (QED) is 0.579. The molecule has 0 amide bonds. The molecule has 0 fully saturated rings. The lowest BCUT2D eigenvalue weighted by atomic mass is 10.2. The summed E-state index contributed by atoms with van der Waals surface area (Å²) < 4.78 is 0. The van der Waals surface area contributed by atoms with E-state index in [0.29, 0.717) is 14.1 Å². The van der Waals surface area contributed by atoms with E-state index in [9.17, 15) is 5.11 Å². The van der Waals surface area contributed by atoms with E-state index in [4.69, 9.17) is 46.4 Å². The zero-order chi connectivity index (χ0) is 13.2. The second-order valence-electron chi connectivity index (χ2n) is 3.88. The monoisotopic (exact) mass is 329 g/mol. The molecule has 0 aliphatic rings. The summed E-state index contributed by atoms with van der Waals surface area (Å²) in [6, 6.07) is 1.43. The van der Waals surface area contributed by atoms with Crippen molar-refractivity contribution in [3.63, 3.8) is 0 Å². The molecular weight excluding hydrogens is 321 g/mol. The fourth-order valence-electron chi connectivity index (χ4n) is 1.11. The first kappa shape index (κ1) is 15.6. The highest BCUT2D eigenvalue weighted by Gasteiger charge is 2.13. The first-order chi connectivity index (χ1) is 7.84. The van der Waals surface area contributed by atoms with Crippen LogP contribution in [-0.4, -0.2) is 11.6 Å². The predicted molar refractivity (Wildman–Crippen MR) is 77.2 cm³/mol. The minimum atomic E-state index is -0.155. The molecule has 0 spiro atoms. The Bertz CT molecular complexity index is 431. The van der Waals surface area contributed by atoms with Crippen molar-refractivity contribution in [1.29, 1.82) is 0 Å². The van der Waals surface area contributed by atoms with Gasteiger partial charge in [0.15, 0.2) is 0 Å². The number of hydrogen-bond donors (Lipinski definition) is 0. The number of hydrogen-bond acceptors (Lipinski definition) is 1. The molecule has 0 heterocycles. The molecule has 6 heteroatoms. The highest BCUT2D eigenvalue weighted by molar-refractivity contribution is 7.40. The van der Waals surface area contributed by atoms with E-state index in [1.807, 2.05) is 13.8 Å². The fraction of sp³-hybridized carbons (Fsp3) is 0.364. The molecule has 0 aromatic heterocycles. The summed E-state index contributed by atoms with van der Waals surface area (Å²) in [5, 5.41) is 12.8. The first-order valence-corrected chi connectivity index (χ1v) is 7.48. The van der Waals surface area contributed by atoms with E-state index >= 15 is 0 Å². The minimum absolute atomic E-state index is 0.155. The Labute approximate surface area is 122 Å². The lowest BCUT2D eigenvalue weighted by Crippen LogP contribution is -2.18. The van der Waals surface area contributed by atoms with Crippen LogP contribution in [-0.2, 0) is 0 Å². The summed E-state index contributed by atoms with van der Waals surface area (Å²) in [6.45, 7) is 4.07. The standard InChI is InChI=1S/C11H11Cl4OP/c1-5(2)4-17-11(16)8-9(14)6(12)3-7(13)10(8)15/h3,5,16H,4H2,1-2H3/p-1. The molecule has 0 bridgehead atoms. The lowest BCUT2D eigenvalue weighted by molar-refractivity contribution is -0.207. The number of rotatable bonds is 3. The van der Waals surface area contributed by atoms with Crippen molar-refractivity contribution in [2.45, 2.75) is 13.8 Å². The van der Waals surface area contributed by atoms with Crippen molar-refractivity contribution < 1.29 is 5.11 Å². The van der Waals surface area contributed by atoms with Crippen LogP contribution < -0.4 is 5.11 Å². The number of benzene rings is 1. The van der Waals surface area contributed by atoms with Gasteiger partial charge in [-0.1, -0.05) is 60.3 Å². The van der Waals surface area contributed by atoms with Gasteiger partial charge in [-0.05, 0) is 18.1 Å². The topological polar surface area (TPSA) is 23.1 Å². The predicted octanol–water partition coefficient (Wildman–Crippen LogP) is 4.74. The molecule has 1 nitrogen and oxygen atoms in total. The molecule has 0 saturated heterocycles. The van der Waals surface area contributed by atoms with Crippen LogP contribution in [0.5, 0.6) is 0 Å². The average Bonchev–Trinajstić information content (AvgIpc) is 2.24. The zero-order valence-corrected chi connectivity index (χ0v) is 13.1. The maximum atomic E-state index is 12.0. The van der Waals surface area contributed by atoms with Crippen molar-refractivity contribution >= 4 is 60.1 Å². The van der Waals surface area contributed by atoms with Gasteiger partial charge in [0.05, 0.1) is 20.1 Å². The first-order valence-electron chi connectivity index (χ1n) is 4.89. The Morgan fingerprint density at radius 1 is 1.18 bits per heavy atom. The van der Waals surface area contributed by atoms with E-state index in [1.165, 1.54) is 6.07 Å². The summed E-state index contributed by atoms with van der Waals surface area (Å²) in [6.07, 6.45) is 0.746. The van der Waals surface area contributed by atoms with Gasteiger partial charge in [0, 0.05) is 5.56 Å². The maximum absolute atomic E-state index is 12.0. The van der Waals surface area contributed by atoms with Gasteiger partial charge < -0.3 is 5.11 Å². The smallest absolute Gasteiger partial charge is 0.0673 e.